The first-order valence-electron chi connectivity index (χ1n) is 9.49. The van der Waals surface area contributed by atoms with Gasteiger partial charge in [-0.15, -0.1) is 0 Å². The van der Waals surface area contributed by atoms with Gasteiger partial charge in [0.25, 0.3) is 0 Å². The van der Waals surface area contributed by atoms with Crippen LogP contribution in [-0.4, -0.2) is 55.3 Å². The van der Waals surface area contributed by atoms with E-state index in [1.165, 1.54) is 37.6 Å². The van der Waals surface area contributed by atoms with Crippen LogP contribution in [0.2, 0.25) is 0 Å². The number of aromatic nitrogens is 1. The van der Waals surface area contributed by atoms with Gasteiger partial charge < -0.3 is 20.3 Å². The Morgan fingerprint density at radius 3 is 2.92 bits per heavy atom. The van der Waals surface area contributed by atoms with Gasteiger partial charge in [0.05, 0.1) is 0 Å². The second kappa shape index (κ2) is 7.58. The average molecular weight is 340 g/mol. The molecule has 2 saturated heterocycles. The zero-order valence-electron chi connectivity index (χ0n) is 15.0. The van der Waals surface area contributed by atoms with Crippen molar-refractivity contribution in [2.24, 2.45) is 0 Å². The summed E-state index contributed by atoms with van der Waals surface area (Å²) in [6.07, 6.45) is 6.66. The van der Waals surface area contributed by atoms with E-state index in [0.29, 0.717) is 18.7 Å². The molecule has 1 aromatic heterocycles. The molecule has 2 N–H and O–H groups in total. The van der Waals surface area contributed by atoms with Crippen LogP contribution in [0.15, 0.2) is 30.5 Å². The number of pyridine rings is 1. The van der Waals surface area contributed by atoms with Crippen LogP contribution < -0.4 is 15.4 Å². The largest absolute Gasteiger partial charge is 0.476 e. The van der Waals surface area contributed by atoms with Crippen molar-refractivity contribution < 1.29 is 4.74 Å². The second-order valence-electron chi connectivity index (χ2n) is 7.31. The predicted octanol–water partition coefficient (Wildman–Crippen LogP) is 2.87. The molecule has 5 nitrogen and oxygen atoms in total. The highest BCUT2D eigenvalue weighted by Crippen LogP contribution is 2.28. The minimum Gasteiger partial charge on any atom is -0.476 e. The highest BCUT2D eigenvalue weighted by atomic mass is 16.5. The summed E-state index contributed by atoms with van der Waals surface area (Å²) < 4.78 is 6.13. The Bertz CT molecular complexity index is 714. The Hall–Kier alpha value is -1.85. The number of nitrogens with one attached hydrogen (secondary N) is 2. The molecule has 0 bridgehead atoms. The van der Waals surface area contributed by atoms with Gasteiger partial charge in [-0.2, -0.15) is 0 Å². The number of nitrogens with zero attached hydrogens (tertiary/aromatic N) is 2. The Kier molecular flexibility index (Phi) is 5.04. The molecule has 4 rings (SSSR count). The molecule has 134 valence electrons. The number of hydrogen-bond acceptors (Lipinski definition) is 5. The smallest absolute Gasteiger partial charge is 0.221 e. The van der Waals surface area contributed by atoms with Gasteiger partial charge in [0, 0.05) is 29.4 Å². The molecular formula is C20H28N4O. The van der Waals surface area contributed by atoms with Crippen molar-refractivity contribution in [3.63, 3.8) is 0 Å². The lowest BCUT2D eigenvalue weighted by molar-refractivity contribution is 0.195. The maximum atomic E-state index is 6.13. The highest BCUT2D eigenvalue weighted by molar-refractivity contribution is 5.89. The number of rotatable bonds is 5. The van der Waals surface area contributed by atoms with E-state index in [9.17, 15) is 0 Å². The number of likely N-dealkylation sites (N-methyl/N-ethyl adjacent to an activating group) is 1. The molecule has 2 aliphatic rings. The van der Waals surface area contributed by atoms with E-state index in [2.05, 4.69) is 51.8 Å². The molecule has 0 spiro atoms. The number of hydrogen-bond donors (Lipinski definition) is 2. The number of likely N-dealkylation sites (tertiary alicyclic amines) is 1. The first-order chi connectivity index (χ1) is 12.3. The van der Waals surface area contributed by atoms with Crippen LogP contribution in [0.1, 0.15) is 25.7 Å². The molecule has 0 saturated carbocycles. The van der Waals surface area contributed by atoms with E-state index in [-0.39, 0.29) is 0 Å². The van der Waals surface area contributed by atoms with Crippen LogP contribution in [0.3, 0.4) is 0 Å². The van der Waals surface area contributed by atoms with Crippen LogP contribution in [0.5, 0.6) is 5.88 Å². The third-order valence-electron chi connectivity index (χ3n) is 5.52. The standard InChI is InChI=1S/C20H28N4O/c1-24-12-2-3-18(24)14-25-20-19-13-17(5-4-15(19)6-11-22-20)23-16-7-9-21-10-8-16/h4-6,11,13,16,18,21,23H,2-3,7-10,12,14H2,1H3. The van der Waals surface area contributed by atoms with E-state index >= 15 is 0 Å². The normalized spacial score (nSPS) is 22.4. The van der Waals surface area contributed by atoms with E-state index in [0.717, 1.165) is 30.0 Å². The molecule has 0 aliphatic carbocycles. The quantitative estimate of drug-likeness (QED) is 0.876. The first kappa shape index (κ1) is 16.6. The van der Waals surface area contributed by atoms with Crippen LogP contribution in [0.4, 0.5) is 5.69 Å². The zero-order valence-corrected chi connectivity index (χ0v) is 15.0. The van der Waals surface area contributed by atoms with Crippen LogP contribution in [0, 0.1) is 0 Å². The van der Waals surface area contributed by atoms with E-state index in [1.807, 2.05) is 6.20 Å². The van der Waals surface area contributed by atoms with Crippen LogP contribution in [0.25, 0.3) is 10.8 Å². The minimum absolute atomic E-state index is 0.508. The molecular weight excluding hydrogens is 312 g/mol. The summed E-state index contributed by atoms with van der Waals surface area (Å²) in [5.41, 5.74) is 1.16. The summed E-state index contributed by atoms with van der Waals surface area (Å²) in [5.74, 6) is 0.756. The summed E-state index contributed by atoms with van der Waals surface area (Å²) in [6, 6.07) is 9.63. The molecule has 2 aliphatic heterocycles. The van der Waals surface area contributed by atoms with Gasteiger partial charge in [-0.05, 0) is 76.0 Å². The van der Waals surface area contributed by atoms with E-state index in [1.54, 1.807) is 0 Å². The SMILES string of the molecule is CN1CCCC1COc1nccc2ccc(NC3CCNCC3)cc12. The number of fused-ring (bicyclic) bond motifs is 1. The van der Waals surface area contributed by atoms with Crippen molar-refractivity contribution in [3.05, 3.63) is 30.5 Å². The third-order valence-corrected chi connectivity index (χ3v) is 5.52. The first-order valence-corrected chi connectivity index (χ1v) is 9.49. The van der Waals surface area contributed by atoms with Crippen molar-refractivity contribution in [2.45, 2.75) is 37.8 Å². The summed E-state index contributed by atoms with van der Waals surface area (Å²) >= 11 is 0. The fraction of sp³-hybridized carbons (Fsp3) is 0.550. The van der Waals surface area contributed by atoms with Crippen LogP contribution >= 0.6 is 0 Å². The Morgan fingerprint density at radius 2 is 2.12 bits per heavy atom. The fourth-order valence-electron chi connectivity index (χ4n) is 3.91. The molecule has 2 fully saturated rings. The average Bonchev–Trinajstić information content (AvgIpc) is 3.06. The Labute approximate surface area is 149 Å². The van der Waals surface area contributed by atoms with Crippen molar-refractivity contribution in [1.82, 2.24) is 15.2 Å². The van der Waals surface area contributed by atoms with Gasteiger partial charge in [0.15, 0.2) is 0 Å². The van der Waals surface area contributed by atoms with Gasteiger partial charge in [0.2, 0.25) is 5.88 Å². The number of anilines is 1. The summed E-state index contributed by atoms with van der Waals surface area (Å²) in [6.45, 7) is 4.07. The molecule has 0 radical (unpaired) electrons. The molecule has 1 aromatic carbocycles. The van der Waals surface area contributed by atoms with Gasteiger partial charge in [-0.1, -0.05) is 6.07 Å². The number of benzene rings is 1. The lowest BCUT2D eigenvalue weighted by atomic mass is 10.1. The topological polar surface area (TPSA) is 49.4 Å². The summed E-state index contributed by atoms with van der Waals surface area (Å²) in [4.78, 5) is 6.89. The van der Waals surface area contributed by atoms with E-state index in [4.69, 9.17) is 4.74 Å². The predicted molar refractivity (Wildman–Crippen MR) is 102 cm³/mol. The van der Waals surface area contributed by atoms with Crippen molar-refractivity contribution in [1.29, 1.82) is 0 Å². The lowest BCUT2D eigenvalue weighted by Gasteiger charge is -2.25. The number of piperidine rings is 1. The summed E-state index contributed by atoms with van der Waals surface area (Å²) in [5, 5.41) is 9.37. The van der Waals surface area contributed by atoms with Crippen molar-refractivity contribution in [2.75, 3.05) is 38.6 Å². The van der Waals surface area contributed by atoms with Gasteiger partial charge in [0.1, 0.15) is 6.61 Å². The van der Waals surface area contributed by atoms with Crippen LogP contribution in [-0.2, 0) is 0 Å². The van der Waals surface area contributed by atoms with Gasteiger partial charge >= 0.3 is 0 Å². The van der Waals surface area contributed by atoms with Gasteiger partial charge in [-0.3, -0.25) is 0 Å². The molecule has 0 amide bonds. The van der Waals surface area contributed by atoms with Crippen molar-refractivity contribution >= 4 is 16.5 Å². The summed E-state index contributed by atoms with van der Waals surface area (Å²) in [7, 11) is 2.18. The maximum absolute atomic E-state index is 6.13. The molecule has 2 aromatic rings. The minimum atomic E-state index is 0.508. The molecule has 1 atom stereocenters. The zero-order chi connectivity index (χ0) is 17.1. The van der Waals surface area contributed by atoms with Gasteiger partial charge in [-0.25, -0.2) is 4.98 Å². The molecule has 3 heterocycles. The van der Waals surface area contributed by atoms with Crippen molar-refractivity contribution in [3.8, 4) is 5.88 Å². The molecule has 25 heavy (non-hydrogen) atoms. The molecule has 5 heteroatoms. The molecule has 1 unspecified atom stereocenters. The van der Waals surface area contributed by atoms with E-state index < -0.39 is 0 Å². The lowest BCUT2D eigenvalue weighted by Crippen LogP contribution is -2.35. The fourth-order valence-corrected chi connectivity index (χ4v) is 3.91. The monoisotopic (exact) mass is 340 g/mol. The second-order valence-corrected chi connectivity index (χ2v) is 7.31. The number of ether oxygens (including phenoxy) is 1. The highest BCUT2D eigenvalue weighted by Gasteiger charge is 2.22. The Morgan fingerprint density at radius 1 is 1.24 bits per heavy atom. The third kappa shape index (κ3) is 3.88. The Balaban J connectivity index is 1.51. The maximum Gasteiger partial charge on any atom is 0.221 e.